The number of hydrogen-bond acceptors (Lipinski definition) is 3. The van der Waals surface area contributed by atoms with Crippen LogP contribution in [0.25, 0.3) is 0 Å². The summed E-state index contributed by atoms with van der Waals surface area (Å²) >= 11 is 0. The number of hydrogen-bond donors (Lipinski definition) is 2. The average Bonchev–Trinajstić information content (AvgIpc) is 2.76. The molecule has 0 bridgehead atoms. The summed E-state index contributed by atoms with van der Waals surface area (Å²) in [6.45, 7) is 5.55. The highest BCUT2D eigenvalue weighted by Crippen LogP contribution is 2.22. The van der Waals surface area contributed by atoms with Crippen LogP contribution in [0.15, 0.2) is 0 Å². The Hall–Kier alpha value is -0.610. The number of carbonyl (C=O) groups excluding carboxylic acids is 1. The second-order valence-electron chi connectivity index (χ2n) is 7.07. The zero-order chi connectivity index (χ0) is 15.1. The Balaban J connectivity index is 1.63. The number of likely N-dealkylation sites (tertiary alicyclic amines) is 1. The van der Waals surface area contributed by atoms with Crippen LogP contribution in [0, 0.1) is 11.8 Å². The maximum Gasteiger partial charge on any atom is 0.223 e. The molecule has 21 heavy (non-hydrogen) atoms. The van der Waals surface area contributed by atoms with Gasteiger partial charge in [0.1, 0.15) is 0 Å². The molecule has 1 aliphatic carbocycles. The van der Waals surface area contributed by atoms with Gasteiger partial charge < -0.3 is 15.3 Å². The number of carbonyl (C=O) groups is 1. The van der Waals surface area contributed by atoms with Crippen LogP contribution in [0.1, 0.15) is 58.3 Å². The van der Waals surface area contributed by atoms with Gasteiger partial charge in [0.25, 0.3) is 0 Å². The third-order valence-electron chi connectivity index (χ3n) is 5.08. The number of nitrogens with one attached hydrogen (secondary N) is 1. The van der Waals surface area contributed by atoms with Crippen molar-refractivity contribution in [3.63, 3.8) is 0 Å². The van der Waals surface area contributed by atoms with Gasteiger partial charge in [-0.3, -0.25) is 4.79 Å². The maximum atomic E-state index is 12.2. The molecular formula is C17H32N2O2. The first-order valence-corrected chi connectivity index (χ1v) is 8.83. The molecule has 0 spiro atoms. The molecule has 2 N–H and O–H groups in total. The van der Waals surface area contributed by atoms with Crippen molar-refractivity contribution in [2.24, 2.45) is 11.8 Å². The van der Waals surface area contributed by atoms with E-state index >= 15 is 0 Å². The van der Waals surface area contributed by atoms with Gasteiger partial charge in [-0.25, -0.2) is 0 Å². The molecule has 0 aromatic heterocycles. The van der Waals surface area contributed by atoms with Gasteiger partial charge in [0, 0.05) is 19.0 Å². The fourth-order valence-electron chi connectivity index (χ4n) is 3.51. The first kappa shape index (κ1) is 16.8. The molecule has 0 aromatic carbocycles. The third kappa shape index (κ3) is 5.95. The standard InChI is InChI=1S/C17H32N2O2/c1-14-8-10-19(11-9-14)13-16(20)12-18-17(21)15-6-4-2-3-5-7-15/h14-16,20H,2-13H2,1H3,(H,18,21). The average molecular weight is 296 g/mol. The topological polar surface area (TPSA) is 52.6 Å². The molecule has 1 heterocycles. The summed E-state index contributed by atoms with van der Waals surface area (Å²) in [7, 11) is 0. The summed E-state index contributed by atoms with van der Waals surface area (Å²) < 4.78 is 0. The molecule has 0 radical (unpaired) electrons. The van der Waals surface area contributed by atoms with Crippen LogP contribution >= 0.6 is 0 Å². The molecule has 1 saturated heterocycles. The Morgan fingerprint density at radius 3 is 2.38 bits per heavy atom. The number of amides is 1. The molecule has 4 heteroatoms. The lowest BCUT2D eigenvalue weighted by atomic mass is 9.99. The summed E-state index contributed by atoms with van der Waals surface area (Å²) in [5, 5.41) is 13.1. The van der Waals surface area contributed by atoms with Gasteiger partial charge in [0.2, 0.25) is 5.91 Å². The van der Waals surface area contributed by atoms with Crippen LogP contribution in [0.2, 0.25) is 0 Å². The van der Waals surface area contributed by atoms with Gasteiger partial charge in [-0.2, -0.15) is 0 Å². The van der Waals surface area contributed by atoms with Crippen LogP contribution in [0.5, 0.6) is 0 Å². The van der Waals surface area contributed by atoms with Crippen LogP contribution < -0.4 is 5.32 Å². The number of rotatable bonds is 5. The van der Waals surface area contributed by atoms with Gasteiger partial charge in [-0.05, 0) is 44.7 Å². The summed E-state index contributed by atoms with van der Waals surface area (Å²) in [5.41, 5.74) is 0. The zero-order valence-electron chi connectivity index (χ0n) is 13.5. The van der Waals surface area contributed by atoms with Crippen molar-refractivity contribution in [3.05, 3.63) is 0 Å². The largest absolute Gasteiger partial charge is 0.390 e. The lowest BCUT2D eigenvalue weighted by molar-refractivity contribution is -0.125. The lowest BCUT2D eigenvalue weighted by Crippen LogP contribution is -2.44. The Morgan fingerprint density at radius 2 is 1.76 bits per heavy atom. The van der Waals surface area contributed by atoms with E-state index in [0.717, 1.165) is 31.8 Å². The van der Waals surface area contributed by atoms with Gasteiger partial charge in [0.15, 0.2) is 0 Å². The van der Waals surface area contributed by atoms with E-state index in [4.69, 9.17) is 0 Å². The first-order chi connectivity index (χ1) is 10.1. The van der Waals surface area contributed by atoms with Crippen molar-refractivity contribution >= 4 is 5.91 Å². The summed E-state index contributed by atoms with van der Waals surface area (Å²) in [4.78, 5) is 14.5. The molecule has 1 aliphatic heterocycles. The van der Waals surface area contributed by atoms with Gasteiger partial charge in [-0.1, -0.05) is 32.6 Å². The van der Waals surface area contributed by atoms with Gasteiger partial charge >= 0.3 is 0 Å². The highest BCUT2D eigenvalue weighted by molar-refractivity contribution is 5.78. The van der Waals surface area contributed by atoms with Crippen molar-refractivity contribution in [2.75, 3.05) is 26.2 Å². The van der Waals surface area contributed by atoms with Gasteiger partial charge in [0.05, 0.1) is 6.10 Å². The second kappa shape index (κ2) is 8.74. The van der Waals surface area contributed by atoms with Crippen LogP contribution in [-0.2, 0) is 4.79 Å². The lowest BCUT2D eigenvalue weighted by Gasteiger charge is -2.31. The number of aliphatic hydroxyl groups excluding tert-OH is 1. The van der Waals surface area contributed by atoms with Crippen LogP contribution in [0.4, 0.5) is 0 Å². The first-order valence-electron chi connectivity index (χ1n) is 8.83. The molecule has 1 unspecified atom stereocenters. The van der Waals surface area contributed by atoms with Crippen molar-refractivity contribution in [1.82, 2.24) is 10.2 Å². The molecule has 1 amide bonds. The van der Waals surface area contributed by atoms with E-state index in [1.807, 2.05) is 0 Å². The Kier molecular flexibility index (Phi) is 6.97. The SMILES string of the molecule is CC1CCN(CC(O)CNC(=O)C2CCCCCC2)CC1. The quantitative estimate of drug-likeness (QED) is 0.765. The molecule has 2 aliphatic rings. The number of aliphatic hydroxyl groups is 1. The Bertz CT molecular complexity index is 306. The Morgan fingerprint density at radius 1 is 1.14 bits per heavy atom. The monoisotopic (exact) mass is 296 g/mol. The van der Waals surface area contributed by atoms with E-state index < -0.39 is 6.10 Å². The zero-order valence-corrected chi connectivity index (χ0v) is 13.5. The minimum Gasteiger partial charge on any atom is -0.390 e. The van der Waals surface area contributed by atoms with E-state index in [9.17, 15) is 9.90 Å². The van der Waals surface area contributed by atoms with Gasteiger partial charge in [-0.15, -0.1) is 0 Å². The molecule has 2 rings (SSSR count). The van der Waals surface area contributed by atoms with E-state index in [-0.39, 0.29) is 11.8 Å². The van der Waals surface area contributed by atoms with E-state index in [0.29, 0.717) is 13.1 Å². The molecule has 4 nitrogen and oxygen atoms in total. The maximum absolute atomic E-state index is 12.2. The second-order valence-corrected chi connectivity index (χ2v) is 7.07. The minimum atomic E-state index is -0.437. The van der Waals surface area contributed by atoms with E-state index in [1.165, 1.54) is 38.5 Å². The molecule has 1 atom stereocenters. The van der Waals surface area contributed by atoms with Crippen molar-refractivity contribution < 1.29 is 9.90 Å². The smallest absolute Gasteiger partial charge is 0.223 e. The Labute approximate surface area is 129 Å². The predicted octanol–water partition coefficient (Wildman–Crippen LogP) is 2.17. The van der Waals surface area contributed by atoms with Crippen molar-refractivity contribution in [3.8, 4) is 0 Å². The number of nitrogens with zero attached hydrogens (tertiary/aromatic N) is 1. The van der Waals surface area contributed by atoms with Crippen LogP contribution in [0.3, 0.4) is 0 Å². The van der Waals surface area contributed by atoms with E-state index in [1.54, 1.807) is 0 Å². The van der Waals surface area contributed by atoms with E-state index in [2.05, 4.69) is 17.1 Å². The molecule has 2 fully saturated rings. The molecule has 122 valence electrons. The summed E-state index contributed by atoms with van der Waals surface area (Å²) in [5.74, 6) is 1.15. The summed E-state index contributed by atoms with van der Waals surface area (Å²) in [6.07, 6.45) is 8.92. The number of piperidine rings is 1. The number of β-amino-alcohol motifs (C(OH)–C–C–N with tert-alkyl or cyclic N) is 1. The highest BCUT2D eigenvalue weighted by atomic mass is 16.3. The highest BCUT2D eigenvalue weighted by Gasteiger charge is 2.22. The molecule has 0 aromatic rings. The molecule has 1 saturated carbocycles. The van der Waals surface area contributed by atoms with Crippen molar-refractivity contribution in [2.45, 2.75) is 64.4 Å². The molecular weight excluding hydrogens is 264 g/mol. The fraction of sp³-hybridized carbons (Fsp3) is 0.941. The third-order valence-corrected chi connectivity index (χ3v) is 5.08. The minimum absolute atomic E-state index is 0.156. The predicted molar refractivity (Wildman–Crippen MR) is 85.0 cm³/mol. The normalized spacial score (nSPS) is 24.5. The summed E-state index contributed by atoms with van der Waals surface area (Å²) in [6, 6.07) is 0. The van der Waals surface area contributed by atoms with Crippen molar-refractivity contribution in [1.29, 1.82) is 0 Å². The van der Waals surface area contributed by atoms with Crippen LogP contribution in [-0.4, -0.2) is 48.2 Å². The fourth-order valence-corrected chi connectivity index (χ4v) is 3.51.